The van der Waals surface area contributed by atoms with Crippen molar-refractivity contribution in [1.82, 2.24) is 10.2 Å². The Hall–Kier alpha value is -1.30. The molecule has 1 aliphatic rings. The number of amides is 1. The minimum atomic E-state index is 0. The lowest BCUT2D eigenvalue weighted by molar-refractivity contribution is 0.0690. The van der Waals surface area contributed by atoms with Gasteiger partial charge in [-0.15, -0.1) is 12.4 Å². The maximum Gasteiger partial charge on any atom is 0.253 e. The van der Waals surface area contributed by atoms with E-state index >= 15 is 0 Å². The molecule has 0 unspecified atom stereocenters. The van der Waals surface area contributed by atoms with Crippen molar-refractivity contribution in [1.29, 1.82) is 0 Å². The SMILES string of the molecule is CCNCC1CCN(C(=O)c2ccc(OCCOC)cc2)CC1.Cl. The number of halogens is 1. The molecule has 1 amide bonds. The first kappa shape index (κ1) is 20.7. The number of carbonyl (C=O) groups excluding carboxylic acids is 1. The standard InChI is InChI=1S/C18H28N2O3.ClH/c1-3-19-14-15-8-10-20(11-9-15)18(21)16-4-6-17(7-5-16)23-13-12-22-2;/h4-7,15,19H,3,8-14H2,1-2H3;1H. The van der Waals surface area contributed by atoms with Gasteiger partial charge < -0.3 is 19.7 Å². The summed E-state index contributed by atoms with van der Waals surface area (Å²) in [7, 11) is 1.65. The van der Waals surface area contributed by atoms with Gasteiger partial charge in [-0.25, -0.2) is 0 Å². The summed E-state index contributed by atoms with van der Waals surface area (Å²) in [6.45, 7) is 6.97. The molecule has 0 spiro atoms. The quantitative estimate of drug-likeness (QED) is 0.727. The van der Waals surface area contributed by atoms with Crippen LogP contribution in [0.4, 0.5) is 0 Å². The Labute approximate surface area is 151 Å². The van der Waals surface area contributed by atoms with E-state index in [0.29, 0.717) is 19.1 Å². The smallest absolute Gasteiger partial charge is 0.253 e. The molecule has 0 aromatic heterocycles. The highest BCUT2D eigenvalue weighted by Gasteiger charge is 2.23. The Balaban J connectivity index is 0.00000288. The molecule has 6 heteroatoms. The largest absolute Gasteiger partial charge is 0.491 e. The summed E-state index contributed by atoms with van der Waals surface area (Å²) in [5.41, 5.74) is 0.731. The van der Waals surface area contributed by atoms with E-state index in [2.05, 4.69) is 12.2 Å². The summed E-state index contributed by atoms with van der Waals surface area (Å²) in [5.74, 6) is 1.58. The molecular weight excluding hydrogens is 328 g/mol. The van der Waals surface area contributed by atoms with Gasteiger partial charge in [0.2, 0.25) is 0 Å². The summed E-state index contributed by atoms with van der Waals surface area (Å²) >= 11 is 0. The third kappa shape index (κ3) is 6.30. The number of hydrogen-bond acceptors (Lipinski definition) is 4. The second kappa shape index (κ2) is 11.3. The molecule has 1 heterocycles. The van der Waals surface area contributed by atoms with E-state index in [1.165, 1.54) is 0 Å². The van der Waals surface area contributed by atoms with Gasteiger partial charge in [-0.3, -0.25) is 4.79 Å². The van der Waals surface area contributed by atoms with Crippen molar-refractivity contribution < 1.29 is 14.3 Å². The number of nitrogens with zero attached hydrogens (tertiary/aromatic N) is 1. The number of hydrogen-bond donors (Lipinski definition) is 1. The lowest BCUT2D eigenvalue weighted by Gasteiger charge is -2.32. The molecule has 0 atom stereocenters. The molecule has 1 N–H and O–H groups in total. The molecule has 0 saturated carbocycles. The molecule has 5 nitrogen and oxygen atoms in total. The number of ether oxygens (including phenoxy) is 2. The van der Waals surface area contributed by atoms with Gasteiger partial charge in [-0.05, 0) is 56.1 Å². The number of piperidine rings is 1. The van der Waals surface area contributed by atoms with Gasteiger partial charge in [0.05, 0.1) is 6.61 Å². The number of rotatable bonds is 8. The lowest BCUT2D eigenvalue weighted by Crippen LogP contribution is -2.40. The highest BCUT2D eigenvalue weighted by atomic mass is 35.5. The number of benzene rings is 1. The van der Waals surface area contributed by atoms with E-state index in [4.69, 9.17) is 9.47 Å². The average Bonchev–Trinajstić information content (AvgIpc) is 2.61. The Bertz CT molecular complexity index is 474. The molecule has 0 radical (unpaired) electrons. The van der Waals surface area contributed by atoms with Crippen LogP contribution in [0.15, 0.2) is 24.3 Å². The number of likely N-dealkylation sites (tertiary alicyclic amines) is 1. The number of methoxy groups -OCH3 is 1. The van der Waals surface area contributed by atoms with Crippen LogP contribution in [0.25, 0.3) is 0 Å². The molecule has 0 bridgehead atoms. The van der Waals surface area contributed by atoms with Gasteiger partial charge in [0.25, 0.3) is 5.91 Å². The van der Waals surface area contributed by atoms with Crippen LogP contribution in [0, 0.1) is 5.92 Å². The van der Waals surface area contributed by atoms with Gasteiger partial charge >= 0.3 is 0 Å². The van der Waals surface area contributed by atoms with Gasteiger partial charge in [0.1, 0.15) is 12.4 Å². The van der Waals surface area contributed by atoms with E-state index < -0.39 is 0 Å². The van der Waals surface area contributed by atoms with Crippen molar-refractivity contribution in [3.05, 3.63) is 29.8 Å². The predicted octanol–water partition coefficient (Wildman–Crippen LogP) is 2.60. The van der Waals surface area contributed by atoms with E-state index in [0.717, 1.165) is 50.3 Å². The normalized spacial score (nSPS) is 15.0. The molecule has 1 aromatic carbocycles. The van der Waals surface area contributed by atoms with E-state index in [-0.39, 0.29) is 18.3 Å². The van der Waals surface area contributed by atoms with Crippen molar-refractivity contribution in [2.45, 2.75) is 19.8 Å². The molecule has 1 aromatic rings. The maximum absolute atomic E-state index is 12.5. The second-order valence-corrected chi connectivity index (χ2v) is 5.91. The van der Waals surface area contributed by atoms with Gasteiger partial charge in [0, 0.05) is 25.8 Å². The Morgan fingerprint density at radius 2 is 1.88 bits per heavy atom. The molecule has 0 aliphatic carbocycles. The number of carbonyl (C=O) groups is 1. The Kier molecular flexibility index (Phi) is 9.76. The fourth-order valence-electron chi connectivity index (χ4n) is 2.81. The van der Waals surface area contributed by atoms with Crippen LogP contribution < -0.4 is 10.1 Å². The third-order valence-electron chi connectivity index (χ3n) is 4.24. The number of nitrogens with one attached hydrogen (secondary N) is 1. The van der Waals surface area contributed by atoms with Crippen molar-refractivity contribution in [2.75, 3.05) is 46.5 Å². The fourth-order valence-corrected chi connectivity index (χ4v) is 2.81. The summed E-state index contributed by atoms with van der Waals surface area (Å²) in [6.07, 6.45) is 2.16. The first-order chi connectivity index (χ1) is 11.2. The molecule has 1 saturated heterocycles. The first-order valence-corrected chi connectivity index (χ1v) is 8.46. The van der Waals surface area contributed by atoms with Crippen LogP contribution in [0.3, 0.4) is 0 Å². The van der Waals surface area contributed by atoms with Crippen LogP contribution in [0.1, 0.15) is 30.1 Å². The molecular formula is C18H29ClN2O3. The summed E-state index contributed by atoms with van der Waals surface area (Å²) in [5, 5.41) is 3.39. The topological polar surface area (TPSA) is 50.8 Å². The van der Waals surface area contributed by atoms with E-state index in [1.54, 1.807) is 7.11 Å². The van der Waals surface area contributed by atoms with Crippen LogP contribution >= 0.6 is 12.4 Å². The summed E-state index contributed by atoms with van der Waals surface area (Å²) in [4.78, 5) is 14.5. The van der Waals surface area contributed by atoms with Gasteiger partial charge in [-0.2, -0.15) is 0 Å². The van der Waals surface area contributed by atoms with Gasteiger partial charge in [-0.1, -0.05) is 6.92 Å². The van der Waals surface area contributed by atoms with E-state index in [1.807, 2.05) is 29.2 Å². The first-order valence-electron chi connectivity index (χ1n) is 8.46. The average molecular weight is 357 g/mol. The third-order valence-corrected chi connectivity index (χ3v) is 4.24. The zero-order chi connectivity index (χ0) is 16.5. The van der Waals surface area contributed by atoms with Crippen LogP contribution in [-0.4, -0.2) is 57.3 Å². The highest BCUT2D eigenvalue weighted by Crippen LogP contribution is 2.20. The summed E-state index contributed by atoms with van der Waals surface area (Å²) in [6, 6.07) is 7.38. The van der Waals surface area contributed by atoms with Crippen LogP contribution in [0.2, 0.25) is 0 Å². The van der Waals surface area contributed by atoms with Crippen molar-refractivity contribution in [2.24, 2.45) is 5.92 Å². The zero-order valence-electron chi connectivity index (χ0n) is 14.6. The van der Waals surface area contributed by atoms with Crippen molar-refractivity contribution in [3.8, 4) is 5.75 Å². The fraction of sp³-hybridized carbons (Fsp3) is 0.611. The molecule has 2 rings (SSSR count). The molecule has 1 aliphatic heterocycles. The van der Waals surface area contributed by atoms with E-state index in [9.17, 15) is 4.79 Å². The Morgan fingerprint density at radius 3 is 2.46 bits per heavy atom. The summed E-state index contributed by atoms with van der Waals surface area (Å²) < 4.78 is 10.5. The second-order valence-electron chi connectivity index (χ2n) is 5.91. The van der Waals surface area contributed by atoms with Crippen molar-refractivity contribution in [3.63, 3.8) is 0 Å². The molecule has 1 fully saturated rings. The molecule has 24 heavy (non-hydrogen) atoms. The van der Waals surface area contributed by atoms with Crippen molar-refractivity contribution >= 4 is 18.3 Å². The lowest BCUT2D eigenvalue weighted by atomic mass is 9.96. The zero-order valence-corrected chi connectivity index (χ0v) is 15.4. The maximum atomic E-state index is 12.5. The van der Waals surface area contributed by atoms with Gasteiger partial charge in [0.15, 0.2) is 0 Å². The highest BCUT2D eigenvalue weighted by molar-refractivity contribution is 5.94. The van der Waals surface area contributed by atoms with Crippen LogP contribution in [-0.2, 0) is 4.74 Å². The van der Waals surface area contributed by atoms with Crippen LogP contribution in [0.5, 0.6) is 5.75 Å². The predicted molar refractivity (Wildman–Crippen MR) is 98.2 cm³/mol. The minimum absolute atomic E-state index is 0. The molecule has 136 valence electrons. The Morgan fingerprint density at radius 1 is 1.21 bits per heavy atom. The minimum Gasteiger partial charge on any atom is -0.491 e. The monoisotopic (exact) mass is 356 g/mol.